The summed E-state index contributed by atoms with van der Waals surface area (Å²) in [6, 6.07) is 9.95. The molecule has 1 unspecified atom stereocenters. The van der Waals surface area contributed by atoms with Crippen LogP contribution in [0.15, 0.2) is 51.9 Å². The molecule has 0 spiro atoms. The molecule has 0 radical (unpaired) electrons. The van der Waals surface area contributed by atoms with Crippen molar-refractivity contribution in [1.82, 2.24) is 9.88 Å². The zero-order valence-corrected chi connectivity index (χ0v) is 14.4. The van der Waals surface area contributed by atoms with Gasteiger partial charge in [0.2, 0.25) is 5.91 Å². The van der Waals surface area contributed by atoms with Crippen molar-refractivity contribution in [3.63, 3.8) is 0 Å². The Balaban J connectivity index is 2.02. The Bertz CT molecular complexity index is 957. The molecule has 0 aliphatic carbocycles. The zero-order valence-electron chi connectivity index (χ0n) is 14.4. The molecule has 1 amide bonds. The second-order valence-corrected chi connectivity index (χ2v) is 5.87. The van der Waals surface area contributed by atoms with E-state index in [1.165, 1.54) is 10.6 Å². The number of para-hydroxylation sites is 1. The van der Waals surface area contributed by atoms with Crippen LogP contribution in [0.2, 0.25) is 0 Å². The molecule has 0 bridgehead atoms. The number of benzene rings is 1. The lowest BCUT2D eigenvalue weighted by Gasteiger charge is -2.20. The number of rotatable bonds is 5. The smallest absolute Gasteiger partial charge is 0.252 e. The van der Waals surface area contributed by atoms with E-state index in [0.29, 0.717) is 17.0 Å². The number of hydrogen-bond acceptors (Lipinski definition) is 4. The summed E-state index contributed by atoms with van der Waals surface area (Å²) in [5.41, 5.74) is 1.23. The molecule has 2 heterocycles. The van der Waals surface area contributed by atoms with Crippen LogP contribution in [-0.2, 0) is 11.3 Å². The van der Waals surface area contributed by atoms with E-state index in [9.17, 15) is 9.59 Å². The molecular weight excluding hydrogens is 320 g/mol. The molecule has 1 aromatic carbocycles. The highest BCUT2D eigenvalue weighted by molar-refractivity contribution is 5.90. The normalized spacial score (nSPS) is 12.1. The summed E-state index contributed by atoms with van der Waals surface area (Å²) in [5, 5.41) is 3.67. The van der Waals surface area contributed by atoms with Crippen molar-refractivity contribution in [2.24, 2.45) is 0 Å². The third-order valence-electron chi connectivity index (χ3n) is 4.25. The van der Waals surface area contributed by atoms with Gasteiger partial charge in [-0.25, -0.2) is 0 Å². The summed E-state index contributed by atoms with van der Waals surface area (Å²) < 4.78 is 12.1. The van der Waals surface area contributed by atoms with Gasteiger partial charge >= 0.3 is 0 Å². The first-order valence-corrected chi connectivity index (χ1v) is 8.02. The molecule has 0 saturated heterocycles. The third-order valence-corrected chi connectivity index (χ3v) is 4.25. The number of fused-ring (bicyclic) bond motifs is 1. The first kappa shape index (κ1) is 16.8. The van der Waals surface area contributed by atoms with Gasteiger partial charge in [0.1, 0.15) is 17.6 Å². The van der Waals surface area contributed by atoms with Crippen molar-refractivity contribution >= 4 is 16.8 Å². The van der Waals surface area contributed by atoms with Crippen molar-refractivity contribution in [3.05, 3.63) is 64.3 Å². The summed E-state index contributed by atoms with van der Waals surface area (Å²) in [7, 11) is 1.55. The maximum atomic E-state index is 12.6. The number of aryl methyl sites for hydroxylation is 1. The van der Waals surface area contributed by atoms with E-state index in [-0.39, 0.29) is 18.0 Å². The molecule has 0 fully saturated rings. The molecule has 0 aliphatic rings. The predicted octanol–water partition coefficient (Wildman–Crippen LogP) is 2.79. The third kappa shape index (κ3) is 3.15. The Kier molecular flexibility index (Phi) is 4.61. The molecule has 25 heavy (non-hydrogen) atoms. The monoisotopic (exact) mass is 340 g/mol. The number of pyridine rings is 1. The lowest BCUT2D eigenvalue weighted by Crippen LogP contribution is -2.35. The van der Waals surface area contributed by atoms with Crippen molar-refractivity contribution in [2.75, 3.05) is 7.11 Å². The number of amides is 1. The first-order valence-electron chi connectivity index (χ1n) is 8.02. The van der Waals surface area contributed by atoms with Crippen LogP contribution in [0.25, 0.3) is 10.9 Å². The number of nitrogens with one attached hydrogen (secondary N) is 1. The fourth-order valence-corrected chi connectivity index (χ4v) is 2.93. The van der Waals surface area contributed by atoms with E-state index in [1.807, 2.05) is 19.1 Å². The van der Waals surface area contributed by atoms with Crippen LogP contribution in [0.4, 0.5) is 0 Å². The highest BCUT2D eigenvalue weighted by Gasteiger charge is 2.21. The summed E-state index contributed by atoms with van der Waals surface area (Å²) in [5.74, 6) is 0.942. The van der Waals surface area contributed by atoms with Crippen LogP contribution in [0.1, 0.15) is 24.3 Å². The lowest BCUT2D eigenvalue weighted by atomic mass is 10.1. The molecular formula is C19H20N2O4. The van der Waals surface area contributed by atoms with Crippen LogP contribution < -0.4 is 15.6 Å². The van der Waals surface area contributed by atoms with Gasteiger partial charge in [0, 0.05) is 11.5 Å². The summed E-state index contributed by atoms with van der Waals surface area (Å²) >= 11 is 0. The quantitative estimate of drug-likeness (QED) is 0.775. The standard InChI is InChI=1S/C19H20N2O4/c1-12-10-17(22)21(18-15(12)7-4-8-16(18)24-3)13(2)19(23)20-11-14-6-5-9-25-14/h4-10,13H,11H2,1-3H3,(H,20,23). The number of carbonyl (C=O) groups excluding carboxylic acids is 1. The summed E-state index contributed by atoms with van der Waals surface area (Å²) in [6.45, 7) is 3.83. The average Bonchev–Trinajstić information content (AvgIpc) is 3.12. The zero-order chi connectivity index (χ0) is 18.0. The Morgan fingerprint density at radius 1 is 1.32 bits per heavy atom. The van der Waals surface area contributed by atoms with Crippen molar-refractivity contribution < 1.29 is 13.9 Å². The largest absolute Gasteiger partial charge is 0.495 e. The predicted molar refractivity (Wildman–Crippen MR) is 94.8 cm³/mol. The van der Waals surface area contributed by atoms with Crippen LogP contribution in [0.5, 0.6) is 5.75 Å². The fraction of sp³-hybridized carbons (Fsp3) is 0.263. The van der Waals surface area contributed by atoms with Gasteiger partial charge < -0.3 is 14.5 Å². The molecule has 3 rings (SSSR count). The topological polar surface area (TPSA) is 73.5 Å². The van der Waals surface area contributed by atoms with Gasteiger partial charge in [-0.3, -0.25) is 14.2 Å². The summed E-state index contributed by atoms with van der Waals surface area (Å²) in [4.78, 5) is 25.2. The van der Waals surface area contributed by atoms with Crippen LogP contribution >= 0.6 is 0 Å². The lowest BCUT2D eigenvalue weighted by molar-refractivity contribution is -0.124. The minimum absolute atomic E-state index is 0.241. The van der Waals surface area contributed by atoms with Gasteiger partial charge in [0.05, 0.1) is 25.4 Å². The van der Waals surface area contributed by atoms with Crippen molar-refractivity contribution in [1.29, 1.82) is 0 Å². The second kappa shape index (κ2) is 6.84. The molecule has 0 saturated carbocycles. The van der Waals surface area contributed by atoms with Gasteiger partial charge in [-0.05, 0) is 37.6 Å². The SMILES string of the molecule is COc1cccc2c(C)cc(=O)n(C(C)C(=O)NCc3ccco3)c12. The molecule has 2 aromatic heterocycles. The van der Waals surface area contributed by atoms with Crippen LogP contribution in [-0.4, -0.2) is 17.6 Å². The van der Waals surface area contributed by atoms with Gasteiger partial charge in [0.25, 0.3) is 5.56 Å². The summed E-state index contributed by atoms with van der Waals surface area (Å²) in [6.07, 6.45) is 1.55. The maximum Gasteiger partial charge on any atom is 0.252 e. The van der Waals surface area contributed by atoms with Crippen LogP contribution in [0.3, 0.4) is 0 Å². The molecule has 0 aliphatic heterocycles. The van der Waals surface area contributed by atoms with E-state index in [0.717, 1.165) is 10.9 Å². The molecule has 1 N–H and O–H groups in total. The van der Waals surface area contributed by atoms with Gasteiger partial charge in [-0.15, -0.1) is 0 Å². The number of nitrogens with zero attached hydrogens (tertiary/aromatic N) is 1. The van der Waals surface area contributed by atoms with E-state index in [4.69, 9.17) is 9.15 Å². The van der Waals surface area contributed by atoms with Crippen molar-refractivity contribution in [3.8, 4) is 5.75 Å². The Hall–Kier alpha value is -3.02. The van der Waals surface area contributed by atoms with Crippen molar-refractivity contribution in [2.45, 2.75) is 26.4 Å². The second-order valence-electron chi connectivity index (χ2n) is 5.87. The maximum absolute atomic E-state index is 12.6. The molecule has 1 atom stereocenters. The van der Waals surface area contributed by atoms with E-state index in [1.54, 1.807) is 38.5 Å². The average molecular weight is 340 g/mol. The number of carbonyl (C=O) groups is 1. The minimum Gasteiger partial charge on any atom is -0.495 e. The number of ether oxygens (including phenoxy) is 1. The number of methoxy groups -OCH3 is 1. The molecule has 3 aromatic rings. The molecule has 6 heteroatoms. The van der Waals surface area contributed by atoms with E-state index >= 15 is 0 Å². The highest BCUT2D eigenvalue weighted by atomic mass is 16.5. The number of hydrogen-bond donors (Lipinski definition) is 1. The number of aromatic nitrogens is 1. The van der Waals surface area contributed by atoms with Gasteiger partial charge in [-0.1, -0.05) is 12.1 Å². The van der Waals surface area contributed by atoms with Gasteiger partial charge in [-0.2, -0.15) is 0 Å². The Morgan fingerprint density at radius 2 is 2.12 bits per heavy atom. The first-order chi connectivity index (χ1) is 12.0. The number of furan rings is 1. The van der Waals surface area contributed by atoms with E-state index in [2.05, 4.69) is 5.32 Å². The fourth-order valence-electron chi connectivity index (χ4n) is 2.93. The Labute approximate surface area is 145 Å². The van der Waals surface area contributed by atoms with Gasteiger partial charge in [0.15, 0.2) is 0 Å². The molecule has 6 nitrogen and oxygen atoms in total. The van der Waals surface area contributed by atoms with E-state index < -0.39 is 6.04 Å². The van der Waals surface area contributed by atoms with Crippen LogP contribution in [0, 0.1) is 6.92 Å². The minimum atomic E-state index is -0.693. The highest BCUT2D eigenvalue weighted by Crippen LogP contribution is 2.28. The molecule has 130 valence electrons. The Morgan fingerprint density at radius 3 is 2.80 bits per heavy atom.